The smallest absolute Gasteiger partial charge is 0.277 e. The molecule has 1 heterocycles. The van der Waals surface area contributed by atoms with Crippen molar-refractivity contribution in [1.29, 1.82) is 0 Å². The van der Waals surface area contributed by atoms with E-state index in [4.69, 9.17) is 17.3 Å². The van der Waals surface area contributed by atoms with Crippen LogP contribution in [0.25, 0.3) is 10.4 Å². The standard InChI is InChI=1S/C12H11ClN2O3S2/c1-6-10(19-12(15-6)11(14)16)7-3-4-9(8(13)5-7)20(2,17)18/h3-5H,1-2H3,(H2,14,16). The Balaban J connectivity index is 2.55. The largest absolute Gasteiger partial charge is 0.364 e. The Morgan fingerprint density at radius 1 is 1.40 bits per heavy atom. The highest BCUT2D eigenvalue weighted by Crippen LogP contribution is 2.33. The fourth-order valence-electron chi connectivity index (χ4n) is 1.71. The molecule has 106 valence electrons. The van der Waals surface area contributed by atoms with E-state index in [1.165, 1.54) is 6.07 Å². The van der Waals surface area contributed by atoms with Crippen LogP contribution in [0.1, 0.15) is 15.5 Å². The molecule has 0 unspecified atom stereocenters. The Morgan fingerprint density at radius 3 is 2.50 bits per heavy atom. The monoisotopic (exact) mass is 330 g/mol. The number of carbonyl (C=O) groups is 1. The number of hydrogen-bond acceptors (Lipinski definition) is 5. The lowest BCUT2D eigenvalue weighted by Gasteiger charge is -2.04. The Morgan fingerprint density at radius 2 is 2.05 bits per heavy atom. The van der Waals surface area contributed by atoms with Gasteiger partial charge in [-0.2, -0.15) is 0 Å². The molecule has 1 aromatic heterocycles. The molecule has 0 saturated carbocycles. The van der Waals surface area contributed by atoms with Crippen LogP contribution in [-0.2, 0) is 9.84 Å². The van der Waals surface area contributed by atoms with Crippen molar-refractivity contribution in [2.75, 3.05) is 6.26 Å². The molecule has 2 N–H and O–H groups in total. The molecular formula is C12H11ClN2O3S2. The predicted octanol–water partition coefficient (Wildman–Crippen LogP) is 2.27. The number of rotatable bonds is 3. The maximum absolute atomic E-state index is 11.5. The van der Waals surface area contributed by atoms with Crippen molar-refractivity contribution in [3.05, 3.63) is 33.9 Å². The van der Waals surface area contributed by atoms with Crippen LogP contribution in [-0.4, -0.2) is 25.6 Å². The number of primary amides is 1. The highest BCUT2D eigenvalue weighted by atomic mass is 35.5. The van der Waals surface area contributed by atoms with Crippen LogP contribution in [0.2, 0.25) is 5.02 Å². The summed E-state index contributed by atoms with van der Waals surface area (Å²) in [6, 6.07) is 4.62. The Labute approximate surface area is 125 Å². The third kappa shape index (κ3) is 2.84. The fraction of sp³-hybridized carbons (Fsp3) is 0.167. The van der Waals surface area contributed by atoms with Crippen LogP contribution in [0.4, 0.5) is 0 Å². The molecule has 0 bridgehead atoms. The van der Waals surface area contributed by atoms with Gasteiger partial charge >= 0.3 is 0 Å². The van der Waals surface area contributed by atoms with E-state index in [0.29, 0.717) is 11.3 Å². The summed E-state index contributed by atoms with van der Waals surface area (Å²) >= 11 is 7.15. The van der Waals surface area contributed by atoms with Gasteiger partial charge in [0.05, 0.1) is 20.5 Å². The molecule has 2 aromatic rings. The number of aromatic nitrogens is 1. The van der Waals surface area contributed by atoms with Crippen LogP contribution >= 0.6 is 22.9 Å². The second kappa shape index (κ2) is 5.16. The topological polar surface area (TPSA) is 90.1 Å². The highest BCUT2D eigenvalue weighted by molar-refractivity contribution is 7.90. The van der Waals surface area contributed by atoms with Crippen molar-refractivity contribution in [2.45, 2.75) is 11.8 Å². The van der Waals surface area contributed by atoms with Crippen LogP contribution in [0, 0.1) is 6.92 Å². The molecule has 0 radical (unpaired) electrons. The van der Waals surface area contributed by atoms with Gasteiger partial charge in [0.1, 0.15) is 0 Å². The lowest BCUT2D eigenvalue weighted by atomic mass is 10.2. The van der Waals surface area contributed by atoms with E-state index in [2.05, 4.69) is 4.98 Å². The number of aryl methyl sites for hydroxylation is 1. The summed E-state index contributed by atoms with van der Waals surface area (Å²) in [6.45, 7) is 1.75. The number of benzene rings is 1. The summed E-state index contributed by atoms with van der Waals surface area (Å²) in [4.78, 5) is 16.0. The van der Waals surface area contributed by atoms with Crippen LogP contribution < -0.4 is 5.73 Å². The van der Waals surface area contributed by atoms with Crippen LogP contribution in [0.15, 0.2) is 23.1 Å². The van der Waals surface area contributed by atoms with E-state index in [1.54, 1.807) is 19.1 Å². The Hall–Kier alpha value is -1.44. The Kier molecular flexibility index (Phi) is 3.86. The Bertz CT molecular complexity index is 797. The van der Waals surface area contributed by atoms with E-state index in [0.717, 1.165) is 22.5 Å². The summed E-state index contributed by atoms with van der Waals surface area (Å²) in [5, 5.41) is 0.347. The van der Waals surface area contributed by atoms with Gasteiger partial charge in [0.2, 0.25) is 0 Å². The quantitative estimate of drug-likeness (QED) is 0.934. The van der Waals surface area contributed by atoms with Gasteiger partial charge in [0, 0.05) is 6.26 Å². The molecule has 1 aromatic carbocycles. The minimum atomic E-state index is -3.37. The molecule has 0 saturated heterocycles. The predicted molar refractivity (Wildman–Crippen MR) is 78.9 cm³/mol. The van der Waals surface area contributed by atoms with Crippen molar-refractivity contribution >= 4 is 38.7 Å². The van der Waals surface area contributed by atoms with Gasteiger partial charge in [-0.15, -0.1) is 11.3 Å². The fourth-order valence-corrected chi connectivity index (χ4v) is 3.96. The molecule has 0 aliphatic heterocycles. The molecule has 0 atom stereocenters. The van der Waals surface area contributed by atoms with Crippen molar-refractivity contribution in [3.8, 4) is 10.4 Å². The van der Waals surface area contributed by atoms with Gasteiger partial charge in [0.15, 0.2) is 14.8 Å². The first-order valence-electron chi connectivity index (χ1n) is 5.47. The number of sulfone groups is 1. The number of thiazole rings is 1. The van der Waals surface area contributed by atoms with Crippen molar-refractivity contribution in [3.63, 3.8) is 0 Å². The lowest BCUT2D eigenvalue weighted by molar-refractivity contribution is 0.1000. The SMILES string of the molecule is Cc1nc(C(N)=O)sc1-c1ccc(S(C)(=O)=O)c(Cl)c1. The lowest BCUT2D eigenvalue weighted by Crippen LogP contribution is -2.10. The molecule has 0 aliphatic rings. The van der Waals surface area contributed by atoms with Gasteiger partial charge < -0.3 is 5.73 Å². The van der Waals surface area contributed by atoms with Crippen LogP contribution in [0.3, 0.4) is 0 Å². The maximum atomic E-state index is 11.5. The summed E-state index contributed by atoms with van der Waals surface area (Å²) in [6.07, 6.45) is 1.09. The first-order chi connectivity index (χ1) is 9.20. The minimum Gasteiger partial charge on any atom is -0.364 e. The summed E-state index contributed by atoms with van der Waals surface area (Å²) in [5.41, 5.74) is 6.53. The van der Waals surface area contributed by atoms with Crippen LogP contribution in [0.5, 0.6) is 0 Å². The molecule has 2 rings (SSSR count). The van der Waals surface area contributed by atoms with E-state index in [-0.39, 0.29) is 14.9 Å². The first-order valence-corrected chi connectivity index (χ1v) is 8.56. The third-order valence-corrected chi connectivity index (χ3v) is 5.40. The molecular weight excluding hydrogens is 320 g/mol. The van der Waals surface area contributed by atoms with Gasteiger partial charge in [-0.3, -0.25) is 4.79 Å². The maximum Gasteiger partial charge on any atom is 0.277 e. The number of halogens is 1. The van der Waals surface area contributed by atoms with Gasteiger partial charge in [-0.05, 0) is 24.6 Å². The molecule has 0 spiro atoms. The zero-order valence-corrected chi connectivity index (χ0v) is 13.1. The third-order valence-electron chi connectivity index (χ3n) is 2.60. The van der Waals surface area contributed by atoms with E-state index >= 15 is 0 Å². The van der Waals surface area contributed by atoms with Gasteiger partial charge in [-0.25, -0.2) is 13.4 Å². The number of carbonyl (C=O) groups excluding carboxylic acids is 1. The zero-order chi connectivity index (χ0) is 15.1. The first kappa shape index (κ1) is 15.0. The number of amides is 1. The minimum absolute atomic E-state index is 0.0696. The molecule has 1 amide bonds. The van der Waals surface area contributed by atoms with Crippen molar-refractivity contribution < 1.29 is 13.2 Å². The normalized spacial score (nSPS) is 11.6. The number of hydrogen-bond donors (Lipinski definition) is 1. The molecule has 5 nitrogen and oxygen atoms in total. The van der Waals surface area contributed by atoms with Gasteiger partial charge in [0.25, 0.3) is 5.91 Å². The van der Waals surface area contributed by atoms with E-state index in [9.17, 15) is 13.2 Å². The molecule has 8 heteroatoms. The molecule has 0 fully saturated rings. The highest BCUT2D eigenvalue weighted by Gasteiger charge is 2.17. The average molecular weight is 331 g/mol. The number of nitrogens with two attached hydrogens (primary N) is 1. The van der Waals surface area contributed by atoms with E-state index < -0.39 is 15.7 Å². The summed E-state index contributed by atoms with van der Waals surface area (Å²) < 4.78 is 23.0. The number of nitrogens with zero attached hydrogens (tertiary/aromatic N) is 1. The van der Waals surface area contributed by atoms with Crippen molar-refractivity contribution in [2.24, 2.45) is 5.73 Å². The zero-order valence-electron chi connectivity index (χ0n) is 10.7. The van der Waals surface area contributed by atoms with Gasteiger partial charge in [-0.1, -0.05) is 17.7 Å². The summed E-state index contributed by atoms with van der Waals surface area (Å²) in [5.74, 6) is -0.594. The molecule has 20 heavy (non-hydrogen) atoms. The van der Waals surface area contributed by atoms with E-state index in [1.807, 2.05) is 0 Å². The average Bonchev–Trinajstić information content (AvgIpc) is 2.69. The second-order valence-electron chi connectivity index (χ2n) is 4.22. The van der Waals surface area contributed by atoms with Crippen molar-refractivity contribution in [1.82, 2.24) is 4.98 Å². The summed E-state index contributed by atoms with van der Waals surface area (Å²) in [7, 11) is -3.37. The molecule has 0 aliphatic carbocycles. The second-order valence-corrected chi connectivity index (χ2v) is 7.61.